The van der Waals surface area contributed by atoms with E-state index < -0.39 is 12.2 Å². The van der Waals surface area contributed by atoms with Gasteiger partial charge in [0, 0.05) is 23.9 Å². The van der Waals surface area contributed by atoms with E-state index in [2.05, 4.69) is 38.0 Å². The lowest BCUT2D eigenvalue weighted by Crippen LogP contribution is -2.37. The van der Waals surface area contributed by atoms with Crippen LogP contribution in [-0.4, -0.2) is 39.5 Å². The number of aryl methyl sites for hydroxylation is 1. The first kappa shape index (κ1) is 29.7. The molecule has 0 unspecified atom stereocenters. The van der Waals surface area contributed by atoms with Gasteiger partial charge in [-0.15, -0.1) is 11.3 Å². The SMILES string of the molecule is C=C1C(=CC=C2CCC[C@]3(C)[C@@H]([C@H](C)CC[C@H](OC(=O)CC)C4(c5nc(C)cs5)CC4)CC[C@@H]23)C[C@@H](O)C[C@@H]1O. The maximum atomic E-state index is 12.5. The quantitative estimate of drug-likeness (QED) is 0.305. The minimum Gasteiger partial charge on any atom is -0.461 e. The normalized spacial score (nSPS) is 35.0. The van der Waals surface area contributed by atoms with Crippen LogP contribution in [0.4, 0.5) is 0 Å². The Morgan fingerprint density at radius 1 is 1.25 bits per heavy atom. The molecule has 6 heteroatoms. The van der Waals surface area contributed by atoms with Gasteiger partial charge in [0.15, 0.2) is 0 Å². The maximum absolute atomic E-state index is 12.5. The fourth-order valence-corrected chi connectivity index (χ4v) is 9.48. The maximum Gasteiger partial charge on any atom is 0.305 e. The molecule has 40 heavy (non-hydrogen) atoms. The molecule has 7 atom stereocenters. The van der Waals surface area contributed by atoms with Crippen LogP contribution in [0.2, 0.25) is 0 Å². The van der Waals surface area contributed by atoms with Gasteiger partial charge < -0.3 is 14.9 Å². The van der Waals surface area contributed by atoms with Crippen molar-refractivity contribution in [3.05, 3.63) is 51.5 Å². The van der Waals surface area contributed by atoms with Crippen molar-refractivity contribution in [2.24, 2.45) is 23.2 Å². The standard InChI is InChI=1S/C34H49NO4S/c1-6-31(38)39-30(34(16-17-34)32-35-22(3)20-40-32)14-9-21(2)27-12-13-28-24(8-7-15-33(27,28)5)10-11-25-18-26(36)19-29(37)23(25)4/h10-11,20-21,26-30,36-37H,4,6-9,12-19H2,1-3,5H3/t21-,26-,27-,28+,29+,30+,33-/m1/s1. The molecule has 0 aromatic carbocycles. The summed E-state index contributed by atoms with van der Waals surface area (Å²) in [7, 11) is 0. The molecule has 1 aromatic heterocycles. The monoisotopic (exact) mass is 567 g/mol. The molecule has 5 nitrogen and oxygen atoms in total. The lowest BCUT2D eigenvalue weighted by Gasteiger charge is -2.44. The van der Waals surface area contributed by atoms with Crippen LogP contribution >= 0.6 is 11.3 Å². The molecule has 4 aliphatic rings. The van der Waals surface area contributed by atoms with E-state index in [0.29, 0.717) is 37.0 Å². The smallest absolute Gasteiger partial charge is 0.305 e. The number of aliphatic hydroxyl groups is 2. The number of aromatic nitrogens is 1. The van der Waals surface area contributed by atoms with E-state index in [9.17, 15) is 15.0 Å². The van der Waals surface area contributed by atoms with E-state index in [1.807, 2.05) is 13.8 Å². The molecule has 0 radical (unpaired) electrons. The topological polar surface area (TPSA) is 79.7 Å². The number of thiazole rings is 1. The van der Waals surface area contributed by atoms with Gasteiger partial charge in [-0.1, -0.05) is 45.1 Å². The van der Waals surface area contributed by atoms with Gasteiger partial charge in [-0.25, -0.2) is 4.98 Å². The molecule has 4 aliphatic carbocycles. The number of carbonyl (C=O) groups excluding carboxylic acids is 1. The zero-order chi connectivity index (χ0) is 28.7. The van der Waals surface area contributed by atoms with E-state index >= 15 is 0 Å². The van der Waals surface area contributed by atoms with E-state index in [4.69, 9.17) is 9.72 Å². The third-order valence-electron chi connectivity index (χ3n) is 10.9. The summed E-state index contributed by atoms with van der Waals surface area (Å²) in [6, 6.07) is 0. The number of rotatable bonds is 9. The summed E-state index contributed by atoms with van der Waals surface area (Å²) in [6.07, 6.45) is 14.8. The summed E-state index contributed by atoms with van der Waals surface area (Å²) in [5, 5.41) is 23.7. The number of allylic oxidation sites excluding steroid dienone is 3. The Hall–Kier alpha value is -1.76. The highest BCUT2D eigenvalue weighted by Crippen LogP contribution is 2.60. The molecule has 0 aliphatic heterocycles. The molecular formula is C34H49NO4S. The largest absolute Gasteiger partial charge is 0.461 e. The number of ether oxygens (including phenoxy) is 1. The molecular weight excluding hydrogens is 518 g/mol. The lowest BCUT2D eigenvalue weighted by molar-refractivity contribution is -0.151. The third kappa shape index (κ3) is 5.78. The summed E-state index contributed by atoms with van der Waals surface area (Å²) in [5.41, 5.74) is 4.55. The summed E-state index contributed by atoms with van der Waals surface area (Å²) in [6.45, 7) is 13.0. The first-order valence-electron chi connectivity index (χ1n) is 15.6. The predicted molar refractivity (Wildman–Crippen MR) is 161 cm³/mol. The summed E-state index contributed by atoms with van der Waals surface area (Å²) >= 11 is 1.72. The Bertz CT molecular complexity index is 1160. The van der Waals surface area contributed by atoms with Crippen molar-refractivity contribution < 1.29 is 19.7 Å². The van der Waals surface area contributed by atoms with E-state index in [0.717, 1.165) is 54.0 Å². The second kappa shape index (κ2) is 11.9. The Morgan fingerprint density at radius 2 is 2.02 bits per heavy atom. The van der Waals surface area contributed by atoms with Crippen LogP contribution in [0, 0.1) is 30.1 Å². The minimum atomic E-state index is -0.642. The zero-order valence-corrected chi connectivity index (χ0v) is 25.8. The van der Waals surface area contributed by atoms with Crippen LogP contribution < -0.4 is 0 Å². The van der Waals surface area contributed by atoms with Gasteiger partial charge in [0.2, 0.25) is 0 Å². The molecule has 2 N–H and O–H groups in total. The molecule has 1 heterocycles. The van der Waals surface area contributed by atoms with Crippen molar-refractivity contribution >= 4 is 17.3 Å². The van der Waals surface area contributed by atoms with Gasteiger partial charge in [0.25, 0.3) is 0 Å². The Morgan fingerprint density at radius 3 is 2.70 bits per heavy atom. The first-order valence-corrected chi connectivity index (χ1v) is 16.5. The van der Waals surface area contributed by atoms with Crippen molar-refractivity contribution in [1.82, 2.24) is 4.98 Å². The molecule has 1 aromatic rings. The van der Waals surface area contributed by atoms with E-state index in [1.54, 1.807) is 11.3 Å². The van der Waals surface area contributed by atoms with Crippen molar-refractivity contribution in [2.75, 3.05) is 0 Å². The minimum absolute atomic E-state index is 0.0792. The Kier molecular flexibility index (Phi) is 8.81. The second-order valence-electron chi connectivity index (χ2n) is 13.5. The Labute approximate surface area is 244 Å². The fraction of sp³-hybridized carbons (Fsp3) is 0.706. The van der Waals surface area contributed by atoms with Crippen molar-refractivity contribution in [3.63, 3.8) is 0 Å². The average molecular weight is 568 g/mol. The van der Waals surface area contributed by atoms with E-state index in [1.165, 1.54) is 31.3 Å². The van der Waals surface area contributed by atoms with Crippen LogP contribution in [0.5, 0.6) is 0 Å². The van der Waals surface area contributed by atoms with Gasteiger partial charge in [-0.2, -0.15) is 0 Å². The molecule has 5 rings (SSSR count). The van der Waals surface area contributed by atoms with Gasteiger partial charge >= 0.3 is 5.97 Å². The summed E-state index contributed by atoms with van der Waals surface area (Å²) in [5.74, 6) is 1.70. The number of aliphatic hydroxyl groups excluding tert-OH is 2. The molecule has 0 bridgehead atoms. The van der Waals surface area contributed by atoms with Crippen LogP contribution in [0.25, 0.3) is 0 Å². The number of nitrogens with zero attached hydrogens (tertiary/aromatic N) is 1. The number of hydrogen-bond donors (Lipinski definition) is 2. The molecule has 220 valence electrons. The molecule has 4 fully saturated rings. The zero-order valence-electron chi connectivity index (χ0n) is 25.0. The van der Waals surface area contributed by atoms with Crippen LogP contribution in [-0.2, 0) is 14.9 Å². The first-order chi connectivity index (χ1) is 19.1. The van der Waals surface area contributed by atoms with E-state index in [-0.39, 0.29) is 22.9 Å². The molecule has 4 saturated carbocycles. The summed E-state index contributed by atoms with van der Waals surface area (Å²) in [4.78, 5) is 17.3. The van der Waals surface area contributed by atoms with Crippen LogP contribution in [0.3, 0.4) is 0 Å². The van der Waals surface area contributed by atoms with Crippen molar-refractivity contribution in [1.29, 1.82) is 0 Å². The molecule has 0 amide bonds. The number of fused-ring (bicyclic) bond motifs is 1. The van der Waals surface area contributed by atoms with Gasteiger partial charge in [0.05, 0.1) is 17.6 Å². The van der Waals surface area contributed by atoms with Gasteiger partial charge in [-0.3, -0.25) is 4.79 Å². The highest BCUT2D eigenvalue weighted by molar-refractivity contribution is 7.09. The van der Waals surface area contributed by atoms with Crippen LogP contribution in [0.1, 0.15) is 109 Å². The van der Waals surface area contributed by atoms with Crippen LogP contribution in [0.15, 0.2) is 40.8 Å². The average Bonchev–Trinajstić information content (AvgIpc) is 3.48. The highest BCUT2D eigenvalue weighted by Gasteiger charge is 2.55. The van der Waals surface area contributed by atoms with Gasteiger partial charge in [-0.05, 0) is 105 Å². The van der Waals surface area contributed by atoms with Crippen molar-refractivity contribution in [2.45, 2.75) is 128 Å². The lowest BCUT2D eigenvalue weighted by atomic mass is 9.60. The summed E-state index contributed by atoms with van der Waals surface area (Å²) < 4.78 is 6.14. The number of carbonyl (C=O) groups is 1. The van der Waals surface area contributed by atoms with Crippen molar-refractivity contribution in [3.8, 4) is 0 Å². The predicted octanol–water partition coefficient (Wildman–Crippen LogP) is 7.36. The third-order valence-corrected chi connectivity index (χ3v) is 12.1. The fourth-order valence-electron chi connectivity index (χ4n) is 8.38. The second-order valence-corrected chi connectivity index (χ2v) is 14.4. The number of esters is 1. The Balaban J connectivity index is 1.28. The molecule has 0 saturated heterocycles. The number of hydrogen-bond acceptors (Lipinski definition) is 6. The van der Waals surface area contributed by atoms with Gasteiger partial charge in [0.1, 0.15) is 11.1 Å². The molecule has 0 spiro atoms. The highest BCUT2D eigenvalue weighted by atomic mass is 32.1.